The number of ether oxygens (including phenoxy) is 2. The van der Waals surface area contributed by atoms with Crippen LogP contribution in [0.3, 0.4) is 0 Å². The molecule has 3 rings (SSSR count). The molecule has 0 aliphatic carbocycles. The lowest BCUT2D eigenvalue weighted by Gasteiger charge is -2.29. The van der Waals surface area contributed by atoms with Gasteiger partial charge in [0.15, 0.2) is 0 Å². The molecule has 0 N–H and O–H groups in total. The second-order valence-electron chi connectivity index (χ2n) is 8.68. The van der Waals surface area contributed by atoms with Crippen LogP contribution in [0.25, 0.3) is 0 Å². The van der Waals surface area contributed by atoms with E-state index in [1.165, 1.54) is 0 Å². The van der Waals surface area contributed by atoms with E-state index < -0.39 is 35.8 Å². The molecule has 0 radical (unpaired) electrons. The highest BCUT2D eigenvalue weighted by molar-refractivity contribution is 6.41. The second-order valence-corrected chi connectivity index (χ2v) is 8.68. The number of hydrogen-bond donors (Lipinski definition) is 0. The van der Waals surface area contributed by atoms with E-state index in [-0.39, 0.29) is 0 Å². The first-order valence-corrected chi connectivity index (χ1v) is 11.3. The summed E-state index contributed by atoms with van der Waals surface area (Å²) in [6.07, 6.45) is -1.36. The van der Waals surface area contributed by atoms with E-state index >= 15 is 0 Å². The Balaban J connectivity index is 1.83. The fourth-order valence-corrected chi connectivity index (χ4v) is 4.10. The number of ketones is 1. The van der Waals surface area contributed by atoms with Crippen LogP contribution in [-0.4, -0.2) is 23.8 Å². The summed E-state index contributed by atoms with van der Waals surface area (Å²) in [4.78, 5) is 38.6. The van der Waals surface area contributed by atoms with Crippen LogP contribution >= 0.6 is 0 Å². The standard InChI is InChI=1S/C29H30O5/c1-18-16-19(2)25(20(3)17-18)26(30)29(32)34-27(23-12-8-6-9-13-23)21(4)22(5)33-28(31)24-14-10-7-11-15-24/h6-17,21-22,27H,1-5H3. The highest BCUT2D eigenvalue weighted by atomic mass is 16.6. The molecule has 0 amide bonds. The molecule has 0 heterocycles. The molecular weight excluding hydrogens is 428 g/mol. The van der Waals surface area contributed by atoms with Crippen molar-refractivity contribution < 1.29 is 23.9 Å². The molecule has 0 aromatic heterocycles. The minimum Gasteiger partial charge on any atom is -0.459 e. The lowest BCUT2D eigenvalue weighted by atomic mass is 9.92. The van der Waals surface area contributed by atoms with Crippen molar-refractivity contribution in [3.05, 3.63) is 106 Å². The Labute approximate surface area is 200 Å². The van der Waals surface area contributed by atoms with E-state index in [4.69, 9.17) is 9.47 Å². The minimum atomic E-state index is -0.933. The van der Waals surface area contributed by atoms with Gasteiger partial charge in [-0.1, -0.05) is 73.2 Å². The monoisotopic (exact) mass is 458 g/mol. The van der Waals surface area contributed by atoms with Crippen LogP contribution in [0, 0.1) is 26.7 Å². The van der Waals surface area contributed by atoms with Gasteiger partial charge in [-0.25, -0.2) is 9.59 Å². The Kier molecular flexibility index (Phi) is 8.00. The normalized spacial score (nSPS) is 13.4. The average Bonchev–Trinajstić information content (AvgIpc) is 2.82. The largest absolute Gasteiger partial charge is 0.459 e. The summed E-state index contributed by atoms with van der Waals surface area (Å²) in [5, 5.41) is 0. The topological polar surface area (TPSA) is 69.7 Å². The van der Waals surface area contributed by atoms with Crippen LogP contribution in [-0.2, 0) is 14.3 Å². The number of carbonyl (C=O) groups excluding carboxylic acids is 3. The predicted octanol–water partition coefficient (Wildman–Crippen LogP) is 5.96. The smallest absolute Gasteiger partial charge is 0.380 e. The number of Topliss-reactive ketones (excluding diaryl/α,β-unsaturated/α-hetero) is 1. The van der Waals surface area contributed by atoms with Crippen molar-refractivity contribution in [3.8, 4) is 0 Å². The average molecular weight is 459 g/mol. The van der Waals surface area contributed by atoms with E-state index in [9.17, 15) is 14.4 Å². The summed E-state index contributed by atoms with van der Waals surface area (Å²) in [5.74, 6) is -2.48. The molecule has 176 valence electrons. The van der Waals surface area contributed by atoms with Gasteiger partial charge in [0.2, 0.25) is 0 Å². The highest BCUT2D eigenvalue weighted by Gasteiger charge is 2.33. The van der Waals surface area contributed by atoms with Gasteiger partial charge in [-0.15, -0.1) is 0 Å². The van der Waals surface area contributed by atoms with Gasteiger partial charge in [0.25, 0.3) is 5.78 Å². The summed E-state index contributed by atoms with van der Waals surface area (Å²) in [5.41, 5.74) is 4.00. The van der Waals surface area contributed by atoms with Gasteiger partial charge in [-0.2, -0.15) is 0 Å². The number of aryl methyl sites for hydroxylation is 3. The Morgan fingerprint density at radius 1 is 0.735 bits per heavy atom. The van der Waals surface area contributed by atoms with Gasteiger partial charge in [0.05, 0.1) is 5.56 Å². The lowest BCUT2D eigenvalue weighted by molar-refractivity contribution is -0.148. The molecule has 3 atom stereocenters. The van der Waals surface area contributed by atoms with Gasteiger partial charge in [-0.05, 0) is 56.5 Å². The second kappa shape index (κ2) is 10.9. The van der Waals surface area contributed by atoms with Crippen LogP contribution in [0.2, 0.25) is 0 Å². The van der Waals surface area contributed by atoms with Crippen molar-refractivity contribution in [2.75, 3.05) is 0 Å². The number of rotatable bonds is 8. The summed E-state index contributed by atoms with van der Waals surface area (Å²) in [7, 11) is 0. The minimum absolute atomic E-state index is 0.360. The third kappa shape index (κ3) is 5.79. The Bertz CT molecular complexity index is 1140. The van der Waals surface area contributed by atoms with E-state index in [1.54, 1.807) is 31.2 Å². The van der Waals surface area contributed by atoms with E-state index in [0.29, 0.717) is 11.1 Å². The number of benzene rings is 3. The molecule has 0 saturated heterocycles. The van der Waals surface area contributed by atoms with Crippen molar-refractivity contribution >= 4 is 17.7 Å². The molecule has 34 heavy (non-hydrogen) atoms. The molecule has 5 heteroatoms. The zero-order chi connectivity index (χ0) is 24.8. The van der Waals surface area contributed by atoms with E-state index in [0.717, 1.165) is 22.3 Å². The van der Waals surface area contributed by atoms with Gasteiger partial charge < -0.3 is 9.47 Å². The molecule has 3 aromatic rings. The molecule has 0 saturated carbocycles. The first-order chi connectivity index (χ1) is 16.2. The molecule has 0 bridgehead atoms. The third-order valence-electron chi connectivity index (χ3n) is 5.97. The Hall–Kier alpha value is -3.73. The van der Waals surface area contributed by atoms with Gasteiger partial charge in [-0.3, -0.25) is 4.79 Å². The summed E-state index contributed by atoms with van der Waals surface area (Å²) < 4.78 is 11.4. The molecular formula is C29H30O5. The molecule has 0 aliphatic rings. The summed E-state index contributed by atoms with van der Waals surface area (Å²) in [6, 6.07) is 21.6. The molecule has 5 nitrogen and oxygen atoms in total. The maximum absolute atomic E-state index is 13.1. The highest BCUT2D eigenvalue weighted by Crippen LogP contribution is 2.31. The van der Waals surface area contributed by atoms with Gasteiger partial charge >= 0.3 is 11.9 Å². The summed E-state index contributed by atoms with van der Waals surface area (Å²) in [6.45, 7) is 9.15. The lowest BCUT2D eigenvalue weighted by Crippen LogP contribution is -2.31. The van der Waals surface area contributed by atoms with Crippen molar-refractivity contribution in [1.29, 1.82) is 0 Å². The van der Waals surface area contributed by atoms with Crippen molar-refractivity contribution in [2.24, 2.45) is 5.92 Å². The Morgan fingerprint density at radius 3 is 1.82 bits per heavy atom. The third-order valence-corrected chi connectivity index (χ3v) is 5.97. The molecule has 0 spiro atoms. The maximum Gasteiger partial charge on any atom is 0.380 e. The van der Waals surface area contributed by atoms with E-state index in [1.807, 2.05) is 76.2 Å². The molecule has 3 unspecified atom stereocenters. The summed E-state index contributed by atoms with van der Waals surface area (Å²) >= 11 is 0. The van der Waals surface area contributed by atoms with Crippen LogP contribution in [0.1, 0.15) is 62.9 Å². The molecule has 3 aromatic carbocycles. The van der Waals surface area contributed by atoms with Crippen molar-refractivity contribution in [1.82, 2.24) is 0 Å². The SMILES string of the molecule is Cc1cc(C)c(C(=O)C(=O)OC(c2ccccc2)C(C)C(C)OC(=O)c2ccccc2)c(C)c1. The molecule has 0 fully saturated rings. The predicted molar refractivity (Wildman–Crippen MR) is 131 cm³/mol. The zero-order valence-corrected chi connectivity index (χ0v) is 20.2. The van der Waals surface area contributed by atoms with Crippen LogP contribution in [0.5, 0.6) is 0 Å². The van der Waals surface area contributed by atoms with Gasteiger partial charge in [0, 0.05) is 11.5 Å². The zero-order valence-electron chi connectivity index (χ0n) is 20.2. The first kappa shape index (κ1) is 24.9. The van der Waals surface area contributed by atoms with Crippen molar-refractivity contribution in [2.45, 2.75) is 46.8 Å². The first-order valence-electron chi connectivity index (χ1n) is 11.3. The number of hydrogen-bond acceptors (Lipinski definition) is 5. The van der Waals surface area contributed by atoms with E-state index in [2.05, 4.69) is 0 Å². The fraction of sp³-hybridized carbons (Fsp3) is 0.276. The van der Waals surface area contributed by atoms with Crippen LogP contribution in [0.4, 0.5) is 0 Å². The van der Waals surface area contributed by atoms with Crippen molar-refractivity contribution in [3.63, 3.8) is 0 Å². The maximum atomic E-state index is 13.1. The number of carbonyl (C=O) groups is 3. The Morgan fingerprint density at radius 2 is 1.26 bits per heavy atom. The quantitative estimate of drug-likeness (QED) is 0.237. The fourth-order valence-electron chi connectivity index (χ4n) is 4.10. The molecule has 0 aliphatic heterocycles. The van der Waals surface area contributed by atoms with Gasteiger partial charge in [0.1, 0.15) is 12.2 Å². The van der Waals surface area contributed by atoms with Crippen LogP contribution < -0.4 is 0 Å². The van der Waals surface area contributed by atoms with Crippen LogP contribution in [0.15, 0.2) is 72.8 Å². The number of esters is 2.